The first-order valence-electron chi connectivity index (χ1n) is 5.95. The zero-order chi connectivity index (χ0) is 12.7. The summed E-state index contributed by atoms with van der Waals surface area (Å²) in [4.78, 5) is 13.6. The van der Waals surface area contributed by atoms with Crippen LogP contribution in [0.25, 0.3) is 0 Å². The van der Waals surface area contributed by atoms with Crippen LogP contribution in [0.5, 0.6) is 0 Å². The molecule has 4 heteroatoms. The van der Waals surface area contributed by atoms with Gasteiger partial charge in [0.1, 0.15) is 0 Å². The van der Waals surface area contributed by atoms with E-state index in [0.29, 0.717) is 31.3 Å². The molecule has 96 valence electrons. The van der Waals surface area contributed by atoms with E-state index < -0.39 is 6.10 Å². The van der Waals surface area contributed by atoms with Crippen LogP contribution >= 0.6 is 0 Å². The third-order valence-electron chi connectivity index (χ3n) is 2.73. The molecule has 0 heterocycles. The number of hydrogen-bond acceptors (Lipinski definition) is 3. The van der Waals surface area contributed by atoms with Crippen molar-refractivity contribution < 1.29 is 9.90 Å². The van der Waals surface area contributed by atoms with Crippen molar-refractivity contribution in [3.8, 4) is 0 Å². The fourth-order valence-electron chi connectivity index (χ4n) is 1.66. The van der Waals surface area contributed by atoms with Gasteiger partial charge < -0.3 is 15.3 Å². The highest BCUT2D eigenvalue weighted by atomic mass is 16.3. The second kappa shape index (κ2) is 7.63. The summed E-state index contributed by atoms with van der Waals surface area (Å²) in [5, 5.41) is 12.0. The number of carbonyl (C=O) groups excluding carboxylic acids is 1. The highest BCUT2D eigenvalue weighted by Gasteiger charge is 2.16. The number of carbonyl (C=O) groups is 1. The number of hydrogen-bond donors (Lipinski definition) is 2. The first kappa shape index (κ1) is 15.4. The summed E-state index contributed by atoms with van der Waals surface area (Å²) in [7, 11) is 4.04. The molecule has 0 fully saturated rings. The normalized spacial score (nSPS) is 15.2. The standard InChI is InChI=1S/C12H26N2O2/c1-9(2)11(14(4)5)8-13-12(16)7-6-10(3)15/h9-11,15H,6-8H2,1-5H3,(H,13,16). The molecule has 0 rings (SSSR count). The van der Waals surface area contributed by atoms with Crippen molar-refractivity contribution in [1.82, 2.24) is 10.2 Å². The summed E-state index contributed by atoms with van der Waals surface area (Å²) in [5.41, 5.74) is 0. The number of nitrogens with zero attached hydrogens (tertiary/aromatic N) is 1. The Morgan fingerprint density at radius 3 is 2.25 bits per heavy atom. The predicted octanol–water partition coefficient (Wildman–Crippen LogP) is 0.850. The van der Waals surface area contributed by atoms with E-state index in [2.05, 4.69) is 24.1 Å². The van der Waals surface area contributed by atoms with E-state index in [1.165, 1.54) is 0 Å². The van der Waals surface area contributed by atoms with Crippen molar-refractivity contribution in [2.75, 3.05) is 20.6 Å². The quantitative estimate of drug-likeness (QED) is 0.682. The van der Waals surface area contributed by atoms with E-state index in [-0.39, 0.29) is 5.91 Å². The van der Waals surface area contributed by atoms with Crippen LogP contribution in [0.1, 0.15) is 33.6 Å². The molecular formula is C12H26N2O2. The topological polar surface area (TPSA) is 52.6 Å². The van der Waals surface area contributed by atoms with E-state index in [9.17, 15) is 4.79 Å². The molecule has 2 unspecified atom stereocenters. The maximum absolute atomic E-state index is 11.5. The lowest BCUT2D eigenvalue weighted by atomic mass is 10.0. The van der Waals surface area contributed by atoms with Crippen LogP contribution < -0.4 is 5.32 Å². The number of rotatable bonds is 7. The summed E-state index contributed by atoms with van der Waals surface area (Å²) >= 11 is 0. The van der Waals surface area contributed by atoms with Crippen molar-refractivity contribution in [2.45, 2.75) is 45.8 Å². The van der Waals surface area contributed by atoms with Crippen LogP contribution in [0.3, 0.4) is 0 Å². The molecule has 0 bridgehead atoms. The Morgan fingerprint density at radius 1 is 1.31 bits per heavy atom. The molecule has 0 aliphatic heterocycles. The van der Waals surface area contributed by atoms with Crippen LogP contribution in [0.2, 0.25) is 0 Å². The molecule has 0 saturated heterocycles. The summed E-state index contributed by atoms with van der Waals surface area (Å²) in [6, 6.07) is 0.357. The minimum absolute atomic E-state index is 0.0217. The predicted molar refractivity (Wildman–Crippen MR) is 66.2 cm³/mol. The minimum Gasteiger partial charge on any atom is -0.393 e. The van der Waals surface area contributed by atoms with Crippen LogP contribution in [-0.2, 0) is 4.79 Å². The summed E-state index contributed by atoms with van der Waals surface area (Å²) in [6.07, 6.45) is 0.524. The fourth-order valence-corrected chi connectivity index (χ4v) is 1.66. The number of nitrogens with one attached hydrogen (secondary N) is 1. The summed E-state index contributed by atoms with van der Waals surface area (Å²) in [5.74, 6) is 0.528. The maximum Gasteiger partial charge on any atom is 0.220 e. The Bertz CT molecular complexity index is 195. The van der Waals surface area contributed by atoms with Crippen molar-refractivity contribution in [1.29, 1.82) is 0 Å². The van der Waals surface area contributed by atoms with Gasteiger partial charge in [0.15, 0.2) is 0 Å². The van der Waals surface area contributed by atoms with Gasteiger partial charge >= 0.3 is 0 Å². The van der Waals surface area contributed by atoms with Gasteiger partial charge in [-0.15, -0.1) is 0 Å². The third-order valence-corrected chi connectivity index (χ3v) is 2.73. The zero-order valence-electron chi connectivity index (χ0n) is 11.2. The first-order chi connectivity index (χ1) is 7.34. The second-order valence-corrected chi connectivity index (χ2v) is 4.97. The highest BCUT2D eigenvalue weighted by Crippen LogP contribution is 2.06. The Labute approximate surface area is 99.0 Å². The van der Waals surface area contributed by atoms with Crippen molar-refractivity contribution in [2.24, 2.45) is 5.92 Å². The average molecular weight is 230 g/mol. The molecule has 2 atom stereocenters. The maximum atomic E-state index is 11.5. The van der Waals surface area contributed by atoms with Gasteiger partial charge in [0, 0.05) is 19.0 Å². The molecule has 1 amide bonds. The number of aliphatic hydroxyl groups excluding tert-OH is 1. The Hall–Kier alpha value is -0.610. The summed E-state index contributed by atoms with van der Waals surface area (Å²) < 4.78 is 0. The van der Waals surface area contributed by atoms with Gasteiger partial charge in [-0.2, -0.15) is 0 Å². The largest absolute Gasteiger partial charge is 0.393 e. The zero-order valence-corrected chi connectivity index (χ0v) is 11.2. The second-order valence-electron chi connectivity index (χ2n) is 4.97. The molecule has 0 saturated carbocycles. The van der Waals surface area contributed by atoms with Crippen LogP contribution in [0.4, 0.5) is 0 Å². The van der Waals surface area contributed by atoms with Crippen LogP contribution in [-0.4, -0.2) is 48.7 Å². The van der Waals surface area contributed by atoms with Gasteiger partial charge in [0.05, 0.1) is 6.10 Å². The first-order valence-corrected chi connectivity index (χ1v) is 5.95. The van der Waals surface area contributed by atoms with Crippen molar-refractivity contribution in [3.63, 3.8) is 0 Å². The van der Waals surface area contributed by atoms with Gasteiger partial charge in [-0.3, -0.25) is 4.79 Å². The molecular weight excluding hydrogens is 204 g/mol. The Morgan fingerprint density at radius 2 is 1.88 bits per heavy atom. The highest BCUT2D eigenvalue weighted by molar-refractivity contribution is 5.75. The van der Waals surface area contributed by atoms with Crippen molar-refractivity contribution in [3.05, 3.63) is 0 Å². The van der Waals surface area contributed by atoms with Gasteiger partial charge in [-0.25, -0.2) is 0 Å². The number of amides is 1. The lowest BCUT2D eigenvalue weighted by molar-refractivity contribution is -0.121. The molecule has 0 spiro atoms. The third kappa shape index (κ3) is 6.80. The Kier molecular flexibility index (Phi) is 7.34. The van der Waals surface area contributed by atoms with E-state index >= 15 is 0 Å². The monoisotopic (exact) mass is 230 g/mol. The van der Waals surface area contributed by atoms with Gasteiger partial charge in [0.2, 0.25) is 5.91 Å². The molecule has 2 N–H and O–H groups in total. The molecule has 0 aromatic rings. The van der Waals surface area contributed by atoms with E-state index in [1.807, 2.05) is 14.1 Å². The molecule has 0 aliphatic carbocycles. The molecule has 16 heavy (non-hydrogen) atoms. The Balaban J connectivity index is 3.88. The number of likely N-dealkylation sites (N-methyl/N-ethyl adjacent to an activating group) is 1. The lowest BCUT2D eigenvalue weighted by Crippen LogP contribution is -2.43. The van der Waals surface area contributed by atoms with Crippen molar-refractivity contribution >= 4 is 5.91 Å². The minimum atomic E-state index is -0.402. The van der Waals surface area contributed by atoms with E-state index in [4.69, 9.17) is 5.11 Å². The number of aliphatic hydroxyl groups is 1. The molecule has 0 radical (unpaired) electrons. The lowest BCUT2D eigenvalue weighted by Gasteiger charge is -2.28. The van der Waals surface area contributed by atoms with E-state index in [0.717, 1.165) is 0 Å². The van der Waals surface area contributed by atoms with Gasteiger partial charge in [0.25, 0.3) is 0 Å². The van der Waals surface area contributed by atoms with Crippen LogP contribution in [0, 0.1) is 5.92 Å². The molecule has 0 aromatic heterocycles. The molecule has 4 nitrogen and oxygen atoms in total. The van der Waals surface area contributed by atoms with Gasteiger partial charge in [-0.05, 0) is 33.4 Å². The molecule has 0 aromatic carbocycles. The van der Waals surface area contributed by atoms with Gasteiger partial charge in [-0.1, -0.05) is 13.8 Å². The molecule has 0 aliphatic rings. The van der Waals surface area contributed by atoms with E-state index in [1.54, 1.807) is 6.92 Å². The average Bonchev–Trinajstić information content (AvgIpc) is 2.13. The smallest absolute Gasteiger partial charge is 0.220 e. The SMILES string of the molecule is CC(O)CCC(=O)NCC(C(C)C)N(C)C. The van der Waals surface area contributed by atoms with Crippen LogP contribution in [0.15, 0.2) is 0 Å². The fraction of sp³-hybridized carbons (Fsp3) is 0.917. The summed E-state index contributed by atoms with van der Waals surface area (Å²) in [6.45, 7) is 6.66.